The molecule has 2 nitrogen and oxygen atoms in total. The molecule has 16 heavy (non-hydrogen) atoms. The lowest BCUT2D eigenvalue weighted by molar-refractivity contribution is -0.116. The average molecular weight is 231 g/mol. The lowest BCUT2D eigenvalue weighted by Crippen LogP contribution is -2.23. The highest BCUT2D eigenvalue weighted by molar-refractivity contribution is 8.04. The molecule has 82 valence electrons. The minimum Gasteiger partial charge on any atom is -0.348 e. The van der Waals surface area contributed by atoms with Gasteiger partial charge in [0.25, 0.3) is 5.91 Å². The molecule has 0 saturated heterocycles. The highest BCUT2D eigenvalue weighted by atomic mass is 32.2. The zero-order valence-electron chi connectivity index (χ0n) is 8.85. The molecule has 0 fully saturated rings. The van der Waals surface area contributed by atoms with Crippen molar-refractivity contribution < 1.29 is 4.79 Å². The van der Waals surface area contributed by atoms with Gasteiger partial charge in [0.15, 0.2) is 0 Å². The summed E-state index contributed by atoms with van der Waals surface area (Å²) in [5, 5.41) is 2.91. The van der Waals surface area contributed by atoms with E-state index in [0.717, 1.165) is 16.2 Å². The van der Waals surface area contributed by atoms with Crippen LogP contribution in [0.25, 0.3) is 0 Å². The van der Waals surface area contributed by atoms with Crippen LogP contribution in [0.3, 0.4) is 0 Å². The van der Waals surface area contributed by atoms with Gasteiger partial charge in [-0.2, -0.15) is 0 Å². The van der Waals surface area contributed by atoms with Crippen molar-refractivity contribution in [3.8, 4) is 0 Å². The van der Waals surface area contributed by atoms with E-state index >= 15 is 0 Å². The van der Waals surface area contributed by atoms with Crippen LogP contribution < -0.4 is 5.32 Å². The van der Waals surface area contributed by atoms with Gasteiger partial charge in [-0.25, -0.2) is 0 Å². The molecule has 3 heteroatoms. The predicted octanol–water partition coefficient (Wildman–Crippen LogP) is 2.49. The number of nitrogens with one attached hydrogen (secondary N) is 1. The summed E-state index contributed by atoms with van der Waals surface area (Å²) in [5.74, 6) is 0.892. The third kappa shape index (κ3) is 3.00. The molecule has 1 amide bonds. The number of amides is 1. The summed E-state index contributed by atoms with van der Waals surface area (Å²) in [6.07, 6.45) is 5.82. The number of thioether (sulfide) groups is 1. The lowest BCUT2D eigenvalue weighted by atomic mass is 10.2. The van der Waals surface area contributed by atoms with Crippen molar-refractivity contribution in [2.75, 3.05) is 5.75 Å². The van der Waals surface area contributed by atoms with Gasteiger partial charge < -0.3 is 5.32 Å². The summed E-state index contributed by atoms with van der Waals surface area (Å²) < 4.78 is 0. The SMILES string of the molecule is O=C(NCc1ccccc1)C1=CC=CCS1. The zero-order chi connectivity index (χ0) is 11.2. The molecular formula is C13H13NOS. The van der Waals surface area contributed by atoms with E-state index in [0.29, 0.717) is 6.54 Å². The second-order valence-electron chi connectivity index (χ2n) is 3.44. The molecule has 2 rings (SSSR count). The summed E-state index contributed by atoms with van der Waals surface area (Å²) in [7, 11) is 0. The molecule has 1 N–H and O–H groups in total. The molecule has 1 heterocycles. The summed E-state index contributed by atoms with van der Waals surface area (Å²) >= 11 is 1.57. The van der Waals surface area contributed by atoms with Crippen LogP contribution in [0, 0.1) is 0 Å². The smallest absolute Gasteiger partial charge is 0.257 e. The van der Waals surface area contributed by atoms with Gasteiger partial charge >= 0.3 is 0 Å². The van der Waals surface area contributed by atoms with Gasteiger partial charge in [-0.3, -0.25) is 4.79 Å². The van der Waals surface area contributed by atoms with E-state index in [1.54, 1.807) is 11.8 Å². The fourth-order valence-electron chi connectivity index (χ4n) is 1.40. The quantitative estimate of drug-likeness (QED) is 0.866. The fraction of sp³-hybridized carbons (Fsp3) is 0.154. The second kappa shape index (κ2) is 5.56. The second-order valence-corrected chi connectivity index (χ2v) is 4.50. The summed E-state index contributed by atoms with van der Waals surface area (Å²) in [4.78, 5) is 12.5. The number of carbonyl (C=O) groups is 1. The Morgan fingerprint density at radius 1 is 1.31 bits per heavy atom. The Hall–Kier alpha value is -1.48. The summed E-state index contributed by atoms with van der Waals surface area (Å²) in [6, 6.07) is 9.92. The van der Waals surface area contributed by atoms with Crippen LogP contribution in [-0.2, 0) is 11.3 Å². The van der Waals surface area contributed by atoms with Crippen molar-refractivity contribution in [3.63, 3.8) is 0 Å². The third-order valence-corrected chi connectivity index (χ3v) is 3.23. The van der Waals surface area contributed by atoms with Crippen molar-refractivity contribution in [1.82, 2.24) is 5.32 Å². The van der Waals surface area contributed by atoms with Gasteiger partial charge in [0.05, 0.1) is 4.91 Å². The first-order valence-electron chi connectivity index (χ1n) is 5.18. The largest absolute Gasteiger partial charge is 0.348 e. The Bertz CT molecular complexity index is 423. The van der Waals surface area contributed by atoms with Crippen LogP contribution in [0.1, 0.15) is 5.56 Å². The van der Waals surface area contributed by atoms with E-state index in [-0.39, 0.29) is 5.91 Å². The van der Waals surface area contributed by atoms with Crippen molar-refractivity contribution in [1.29, 1.82) is 0 Å². The van der Waals surface area contributed by atoms with Gasteiger partial charge in [0, 0.05) is 12.3 Å². The third-order valence-electron chi connectivity index (χ3n) is 2.24. The Labute approximate surface area is 99.4 Å². The number of hydrogen-bond donors (Lipinski definition) is 1. The van der Waals surface area contributed by atoms with Gasteiger partial charge in [-0.15, -0.1) is 11.8 Å². The predicted molar refractivity (Wildman–Crippen MR) is 68.0 cm³/mol. The average Bonchev–Trinajstić information content (AvgIpc) is 2.38. The van der Waals surface area contributed by atoms with Gasteiger partial charge in [0.1, 0.15) is 0 Å². The highest BCUT2D eigenvalue weighted by Gasteiger charge is 2.09. The van der Waals surface area contributed by atoms with E-state index < -0.39 is 0 Å². The van der Waals surface area contributed by atoms with Crippen molar-refractivity contribution >= 4 is 17.7 Å². The normalized spacial score (nSPS) is 14.4. The first kappa shape index (κ1) is 11.0. The fourth-order valence-corrected chi connectivity index (χ4v) is 2.17. The Morgan fingerprint density at radius 3 is 2.81 bits per heavy atom. The number of hydrogen-bond acceptors (Lipinski definition) is 2. The first-order valence-corrected chi connectivity index (χ1v) is 6.16. The van der Waals surface area contributed by atoms with Crippen LogP contribution in [-0.4, -0.2) is 11.7 Å². The Balaban J connectivity index is 1.89. The van der Waals surface area contributed by atoms with Crippen molar-refractivity contribution in [2.24, 2.45) is 0 Å². The molecule has 0 unspecified atom stereocenters. The molecule has 0 spiro atoms. The highest BCUT2D eigenvalue weighted by Crippen LogP contribution is 2.19. The minimum absolute atomic E-state index is 0.0122. The molecular weight excluding hydrogens is 218 g/mol. The zero-order valence-corrected chi connectivity index (χ0v) is 9.67. The summed E-state index contributed by atoms with van der Waals surface area (Å²) in [5.41, 5.74) is 1.12. The first-order chi connectivity index (χ1) is 7.86. The molecule has 0 saturated carbocycles. The molecule has 0 bridgehead atoms. The lowest BCUT2D eigenvalue weighted by Gasteiger charge is -2.09. The molecule has 1 aromatic rings. The molecule has 1 aromatic carbocycles. The number of rotatable bonds is 3. The molecule has 0 atom stereocenters. The Morgan fingerprint density at radius 2 is 2.12 bits per heavy atom. The number of carbonyl (C=O) groups excluding carboxylic acids is 1. The van der Waals surface area contributed by atoms with E-state index in [1.807, 2.05) is 48.6 Å². The Kier molecular flexibility index (Phi) is 3.83. The van der Waals surface area contributed by atoms with E-state index in [1.165, 1.54) is 0 Å². The van der Waals surface area contributed by atoms with Crippen molar-refractivity contribution in [3.05, 3.63) is 59.0 Å². The van der Waals surface area contributed by atoms with Gasteiger partial charge in [0.2, 0.25) is 0 Å². The topological polar surface area (TPSA) is 29.1 Å². The maximum absolute atomic E-state index is 11.7. The molecule has 0 aromatic heterocycles. The summed E-state index contributed by atoms with van der Waals surface area (Å²) in [6.45, 7) is 0.585. The maximum Gasteiger partial charge on any atom is 0.257 e. The van der Waals surface area contributed by atoms with E-state index in [2.05, 4.69) is 5.32 Å². The maximum atomic E-state index is 11.7. The van der Waals surface area contributed by atoms with E-state index in [9.17, 15) is 4.79 Å². The van der Waals surface area contributed by atoms with Gasteiger partial charge in [-0.1, -0.05) is 42.5 Å². The molecule has 0 radical (unpaired) electrons. The standard InChI is InChI=1S/C13H13NOS/c15-13(12-8-4-5-9-16-12)14-10-11-6-2-1-3-7-11/h1-8H,9-10H2,(H,14,15). The number of allylic oxidation sites excluding steroid dienone is 2. The number of benzene rings is 1. The van der Waals surface area contributed by atoms with Crippen LogP contribution >= 0.6 is 11.8 Å². The van der Waals surface area contributed by atoms with Crippen LogP contribution in [0.4, 0.5) is 0 Å². The minimum atomic E-state index is 0.0122. The van der Waals surface area contributed by atoms with E-state index in [4.69, 9.17) is 0 Å². The molecule has 1 aliphatic heterocycles. The van der Waals surface area contributed by atoms with Crippen molar-refractivity contribution in [2.45, 2.75) is 6.54 Å². The molecule has 0 aliphatic carbocycles. The van der Waals surface area contributed by atoms with Crippen LogP contribution in [0.15, 0.2) is 53.5 Å². The monoisotopic (exact) mass is 231 g/mol. The molecule has 1 aliphatic rings. The van der Waals surface area contributed by atoms with Crippen LogP contribution in [0.5, 0.6) is 0 Å². The van der Waals surface area contributed by atoms with Crippen LogP contribution in [0.2, 0.25) is 0 Å². The van der Waals surface area contributed by atoms with Gasteiger partial charge in [-0.05, 0) is 11.6 Å².